The molecule has 0 radical (unpaired) electrons. The van der Waals surface area contributed by atoms with Crippen molar-refractivity contribution in [2.24, 2.45) is 0 Å². The van der Waals surface area contributed by atoms with Crippen LogP contribution in [0, 0.1) is 0 Å². The average Bonchev–Trinajstić information content (AvgIpc) is 2.71. The van der Waals surface area contributed by atoms with Gasteiger partial charge in [-0.25, -0.2) is 0 Å². The van der Waals surface area contributed by atoms with Crippen LogP contribution in [0.4, 0.5) is 13.2 Å². The molecular formula is C11H6F3NO3. The number of para-hydroxylation sites is 1. The Balaban J connectivity index is 2.55. The molecule has 2 aromatic rings. The summed E-state index contributed by atoms with van der Waals surface area (Å²) < 4.78 is 40.2. The molecule has 2 rings (SSSR count). The third-order valence-corrected chi connectivity index (χ3v) is 2.28. The number of fused-ring (bicyclic) bond motifs is 1. The Kier molecular flexibility index (Phi) is 2.82. The third-order valence-electron chi connectivity index (χ3n) is 2.28. The maximum atomic E-state index is 12.1. The Hall–Kier alpha value is -2.31. The van der Waals surface area contributed by atoms with E-state index in [1.165, 1.54) is 18.3 Å². The summed E-state index contributed by atoms with van der Waals surface area (Å²) in [6, 6.07) is 3.84. The van der Waals surface area contributed by atoms with Gasteiger partial charge in [0.1, 0.15) is 0 Å². The number of alkyl halides is 3. The fourth-order valence-electron chi connectivity index (χ4n) is 1.60. The van der Waals surface area contributed by atoms with E-state index in [-0.39, 0.29) is 22.8 Å². The van der Waals surface area contributed by atoms with Crippen LogP contribution < -0.4 is 4.74 Å². The van der Waals surface area contributed by atoms with Crippen molar-refractivity contribution in [2.45, 2.75) is 6.36 Å². The lowest BCUT2D eigenvalue weighted by atomic mass is 10.1. The zero-order valence-electron chi connectivity index (χ0n) is 8.75. The van der Waals surface area contributed by atoms with Crippen molar-refractivity contribution >= 4 is 23.0 Å². The monoisotopic (exact) mass is 257 g/mol. The minimum Gasteiger partial charge on any atom is -0.404 e. The molecule has 0 bridgehead atoms. The van der Waals surface area contributed by atoms with Crippen molar-refractivity contribution in [2.75, 3.05) is 0 Å². The van der Waals surface area contributed by atoms with Crippen LogP contribution in [0.15, 0.2) is 24.4 Å². The second-order valence-corrected chi connectivity index (χ2v) is 3.41. The number of benzene rings is 1. The number of rotatable bonds is 3. The molecule has 0 amide bonds. The summed E-state index contributed by atoms with van der Waals surface area (Å²) in [6.07, 6.45) is -3.56. The van der Waals surface area contributed by atoms with Crippen LogP contribution in [0.5, 0.6) is 5.75 Å². The first-order valence-electron chi connectivity index (χ1n) is 4.78. The minimum atomic E-state index is -4.83. The van der Waals surface area contributed by atoms with E-state index < -0.39 is 17.9 Å². The number of hydrogen-bond donors (Lipinski definition) is 1. The Labute approximate surface area is 98.4 Å². The van der Waals surface area contributed by atoms with E-state index >= 15 is 0 Å². The van der Waals surface area contributed by atoms with Crippen molar-refractivity contribution in [3.63, 3.8) is 0 Å². The fraction of sp³-hybridized carbons (Fsp3) is 0.0909. The summed E-state index contributed by atoms with van der Waals surface area (Å²) in [6.45, 7) is 0. The number of nitrogens with one attached hydrogen (secondary N) is 1. The van der Waals surface area contributed by atoms with Crippen LogP contribution in [0.3, 0.4) is 0 Å². The molecule has 94 valence electrons. The number of aromatic amines is 1. The van der Waals surface area contributed by atoms with Crippen molar-refractivity contribution in [3.8, 4) is 5.75 Å². The summed E-state index contributed by atoms with van der Waals surface area (Å²) in [4.78, 5) is 24.1. The number of aldehydes is 1. The Morgan fingerprint density at radius 1 is 1.33 bits per heavy atom. The number of H-pyrrole nitrogens is 1. The van der Waals surface area contributed by atoms with Crippen LogP contribution in [0.2, 0.25) is 0 Å². The molecule has 0 spiro atoms. The van der Waals surface area contributed by atoms with E-state index in [1.807, 2.05) is 0 Å². The quantitative estimate of drug-likeness (QED) is 0.522. The van der Waals surface area contributed by atoms with E-state index in [9.17, 15) is 22.8 Å². The minimum absolute atomic E-state index is 0.00706. The number of ketones is 1. The van der Waals surface area contributed by atoms with E-state index in [0.717, 1.165) is 6.07 Å². The predicted octanol–water partition coefficient (Wildman–Crippen LogP) is 2.45. The van der Waals surface area contributed by atoms with Gasteiger partial charge in [-0.1, -0.05) is 12.1 Å². The molecule has 1 aromatic heterocycles. The average molecular weight is 257 g/mol. The highest BCUT2D eigenvalue weighted by Gasteiger charge is 2.32. The van der Waals surface area contributed by atoms with Crippen LogP contribution >= 0.6 is 0 Å². The number of aromatic nitrogens is 1. The molecule has 0 saturated heterocycles. The van der Waals surface area contributed by atoms with E-state index in [0.29, 0.717) is 0 Å². The number of carbonyl (C=O) groups is 2. The smallest absolute Gasteiger partial charge is 0.404 e. The molecule has 18 heavy (non-hydrogen) atoms. The van der Waals surface area contributed by atoms with Gasteiger partial charge in [-0.15, -0.1) is 13.2 Å². The molecule has 0 aliphatic carbocycles. The van der Waals surface area contributed by atoms with Gasteiger partial charge in [0, 0.05) is 11.6 Å². The van der Waals surface area contributed by atoms with Gasteiger partial charge >= 0.3 is 6.36 Å². The second-order valence-electron chi connectivity index (χ2n) is 3.41. The molecule has 0 atom stereocenters. The largest absolute Gasteiger partial charge is 0.573 e. The molecule has 1 aromatic carbocycles. The highest BCUT2D eigenvalue weighted by molar-refractivity contribution is 6.36. The molecule has 0 unspecified atom stereocenters. The second kappa shape index (κ2) is 4.17. The maximum Gasteiger partial charge on any atom is 0.573 e. The van der Waals surface area contributed by atoms with Crippen molar-refractivity contribution < 1.29 is 27.5 Å². The molecule has 0 saturated carbocycles. The summed E-state index contributed by atoms with van der Waals surface area (Å²) >= 11 is 0. The number of Topliss-reactive ketones (excluding diaryl/α,β-unsaturated/α-hetero) is 1. The van der Waals surface area contributed by atoms with Gasteiger partial charge < -0.3 is 9.72 Å². The first kappa shape index (κ1) is 12.2. The molecule has 0 fully saturated rings. The first-order chi connectivity index (χ1) is 8.42. The summed E-state index contributed by atoms with van der Waals surface area (Å²) in [7, 11) is 0. The van der Waals surface area contributed by atoms with Crippen LogP contribution in [0.25, 0.3) is 10.9 Å². The molecule has 7 heteroatoms. The van der Waals surface area contributed by atoms with Gasteiger partial charge in [0.25, 0.3) is 0 Å². The molecule has 1 N–H and O–H groups in total. The third kappa shape index (κ3) is 2.20. The predicted molar refractivity (Wildman–Crippen MR) is 55.4 cm³/mol. The zero-order valence-corrected chi connectivity index (χ0v) is 8.75. The molecular weight excluding hydrogens is 251 g/mol. The SMILES string of the molecule is O=CC(=O)c1c[nH]c2c(OC(F)(F)F)cccc12. The maximum absolute atomic E-state index is 12.1. The first-order valence-corrected chi connectivity index (χ1v) is 4.78. The topological polar surface area (TPSA) is 59.2 Å². The Bertz CT molecular complexity index is 616. The fourth-order valence-corrected chi connectivity index (χ4v) is 1.60. The Morgan fingerprint density at radius 2 is 2.06 bits per heavy atom. The van der Waals surface area contributed by atoms with Gasteiger partial charge in [-0.3, -0.25) is 9.59 Å². The van der Waals surface area contributed by atoms with Gasteiger partial charge in [0.05, 0.1) is 11.1 Å². The van der Waals surface area contributed by atoms with E-state index in [4.69, 9.17) is 0 Å². The molecule has 4 nitrogen and oxygen atoms in total. The van der Waals surface area contributed by atoms with Gasteiger partial charge in [0.15, 0.2) is 12.0 Å². The summed E-state index contributed by atoms with van der Waals surface area (Å²) in [5, 5.41) is 0.203. The van der Waals surface area contributed by atoms with Crippen LogP contribution in [-0.4, -0.2) is 23.4 Å². The lowest BCUT2D eigenvalue weighted by molar-refractivity contribution is -0.274. The van der Waals surface area contributed by atoms with E-state index in [2.05, 4.69) is 9.72 Å². The highest BCUT2D eigenvalue weighted by Crippen LogP contribution is 2.31. The van der Waals surface area contributed by atoms with Gasteiger partial charge in [0.2, 0.25) is 5.78 Å². The standard InChI is InChI=1S/C11H6F3NO3/c12-11(13,14)18-9-3-1-2-6-7(8(17)5-16)4-15-10(6)9/h1-5,15H. The van der Waals surface area contributed by atoms with Gasteiger partial charge in [-0.2, -0.15) is 0 Å². The van der Waals surface area contributed by atoms with Crippen LogP contribution in [-0.2, 0) is 4.79 Å². The normalized spacial score (nSPS) is 11.5. The highest BCUT2D eigenvalue weighted by atomic mass is 19.4. The van der Waals surface area contributed by atoms with Crippen molar-refractivity contribution in [1.82, 2.24) is 4.98 Å². The molecule has 1 heterocycles. The molecule has 0 aliphatic rings. The molecule has 0 aliphatic heterocycles. The van der Waals surface area contributed by atoms with E-state index in [1.54, 1.807) is 0 Å². The summed E-state index contributed by atoms with van der Waals surface area (Å²) in [5.74, 6) is -1.27. The Morgan fingerprint density at radius 3 is 2.67 bits per heavy atom. The van der Waals surface area contributed by atoms with Crippen molar-refractivity contribution in [3.05, 3.63) is 30.0 Å². The van der Waals surface area contributed by atoms with Crippen LogP contribution in [0.1, 0.15) is 10.4 Å². The number of ether oxygens (including phenoxy) is 1. The van der Waals surface area contributed by atoms with Gasteiger partial charge in [-0.05, 0) is 6.07 Å². The number of carbonyl (C=O) groups excluding carboxylic acids is 2. The summed E-state index contributed by atoms with van der Waals surface area (Å²) in [5.41, 5.74) is 0.0210. The van der Waals surface area contributed by atoms with Crippen molar-refractivity contribution in [1.29, 1.82) is 0 Å². The lowest BCUT2D eigenvalue weighted by Crippen LogP contribution is -2.17. The number of halogens is 3. The number of hydrogen-bond acceptors (Lipinski definition) is 3. The lowest BCUT2D eigenvalue weighted by Gasteiger charge is -2.09. The zero-order chi connectivity index (χ0) is 13.3.